The van der Waals surface area contributed by atoms with Gasteiger partial charge in [-0.2, -0.15) is 0 Å². The van der Waals surface area contributed by atoms with Gasteiger partial charge in [0.1, 0.15) is 23.6 Å². The average Bonchev–Trinajstić information content (AvgIpc) is 2.97. The minimum absolute atomic E-state index is 0.0305. The first-order valence-electron chi connectivity index (χ1n) is 12.5. The van der Waals surface area contributed by atoms with E-state index in [1.54, 1.807) is 6.33 Å². The minimum atomic E-state index is -3.18. The van der Waals surface area contributed by atoms with E-state index < -0.39 is 9.84 Å². The Morgan fingerprint density at radius 2 is 1.51 bits per heavy atom. The van der Waals surface area contributed by atoms with Crippen molar-refractivity contribution < 1.29 is 13.2 Å². The Labute approximate surface area is 227 Å². The summed E-state index contributed by atoms with van der Waals surface area (Å²) in [6.07, 6.45) is 1.55. The number of nitrogens with one attached hydrogen (secondary N) is 2. The van der Waals surface area contributed by atoms with Crippen LogP contribution in [0.15, 0.2) is 103 Å². The molecular weight excluding hydrogens is 510 g/mol. The molecule has 5 rings (SSSR count). The van der Waals surface area contributed by atoms with E-state index in [4.69, 9.17) is 10.5 Å². The van der Waals surface area contributed by atoms with E-state index in [1.165, 1.54) is 0 Å². The minimum Gasteiger partial charge on any atom is -0.457 e. The zero-order chi connectivity index (χ0) is 27.1. The number of benzene rings is 4. The van der Waals surface area contributed by atoms with Crippen LogP contribution in [0.5, 0.6) is 11.5 Å². The number of nitrogens with two attached hydrogens (primary N) is 1. The van der Waals surface area contributed by atoms with Gasteiger partial charge in [0.05, 0.1) is 17.1 Å². The standard InChI is InChI=1S/C30H29N5O3S/c31-20-39(36,37)17-16-32-19-22-6-8-23(9-7-22)24-10-15-29-28(18-24)30(34-21-33-29)35-25-11-13-27(14-12-25)38-26-4-2-1-3-5-26/h1-15,18,21,32H,16-17,19-20,31H2,(H,33,34,35). The lowest BCUT2D eigenvalue weighted by Crippen LogP contribution is -2.26. The summed E-state index contributed by atoms with van der Waals surface area (Å²) in [6, 6.07) is 31.7. The molecule has 1 aromatic heterocycles. The first kappa shape index (κ1) is 26.3. The van der Waals surface area contributed by atoms with Gasteiger partial charge >= 0.3 is 0 Å². The summed E-state index contributed by atoms with van der Waals surface area (Å²) in [7, 11) is -3.18. The first-order valence-corrected chi connectivity index (χ1v) is 14.4. The molecule has 0 saturated carbocycles. The molecule has 4 aromatic carbocycles. The van der Waals surface area contributed by atoms with E-state index in [1.807, 2.05) is 78.9 Å². The van der Waals surface area contributed by atoms with Crippen LogP contribution in [0.3, 0.4) is 0 Å². The van der Waals surface area contributed by atoms with Crippen molar-refractivity contribution >= 4 is 32.2 Å². The van der Waals surface area contributed by atoms with Crippen LogP contribution >= 0.6 is 0 Å². The largest absolute Gasteiger partial charge is 0.457 e. The van der Waals surface area contributed by atoms with E-state index in [2.05, 4.69) is 38.8 Å². The maximum atomic E-state index is 11.5. The summed E-state index contributed by atoms with van der Waals surface area (Å²) in [5, 5.41) is 7.47. The molecule has 39 heavy (non-hydrogen) atoms. The maximum Gasteiger partial charge on any atom is 0.164 e. The lowest BCUT2D eigenvalue weighted by atomic mass is 10.0. The fourth-order valence-electron chi connectivity index (χ4n) is 4.06. The molecule has 9 heteroatoms. The van der Waals surface area contributed by atoms with Gasteiger partial charge in [0, 0.05) is 24.2 Å². The number of aromatic nitrogens is 2. The maximum absolute atomic E-state index is 11.5. The van der Waals surface area contributed by atoms with E-state index in [0.29, 0.717) is 18.9 Å². The van der Waals surface area contributed by atoms with E-state index >= 15 is 0 Å². The fraction of sp³-hybridized carbons (Fsp3) is 0.133. The van der Waals surface area contributed by atoms with Crippen molar-refractivity contribution in [3.63, 3.8) is 0 Å². The lowest BCUT2D eigenvalue weighted by molar-refractivity contribution is 0.483. The number of nitrogens with zero attached hydrogens (tertiary/aromatic N) is 2. The predicted molar refractivity (Wildman–Crippen MR) is 156 cm³/mol. The third-order valence-electron chi connectivity index (χ3n) is 6.19. The van der Waals surface area contributed by atoms with Crippen LogP contribution in [-0.4, -0.2) is 36.6 Å². The summed E-state index contributed by atoms with van der Waals surface area (Å²) in [6.45, 7) is 0.944. The number of ether oxygens (including phenoxy) is 1. The summed E-state index contributed by atoms with van der Waals surface area (Å²) in [4.78, 5) is 8.92. The number of para-hydroxylation sites is 1. The van der Waals surface area contributed by atoms with Crippen LogP contribution in [0.2, 0.25) is 0 Å². The molecule has 0 spiro atoms. The number of hydrogen-bond acceptors (Lipinski definition) is 8. The summed E-state index contributed by atoms with van der Waals surface area (Å²) < 4.78 is 28.9. The molecule has 0 bridgehead atoms. The van der Waals surface area contributed by atoms with Crippen molar-refractivity contribution in [2.45, 2.75) is 6.54 Å². The van der Waals surface area contributed by atoms with E-state index in [9.17, 15) is 8.42 Å². The molecule has 0 saturated heterocycles. The Morgan fingerprint density at radius 3 is 2.26 bits per heavy atom. The van der Waals surface area contributed by atoms with Crippen LogP contribution in [0.25, 0.3) is 22.0 Å². The normalized spacial score (nSPS) is 11.4. The Morgan fingerprint density at radius 1 is 0.795 bits per heavy atom. The highest BCUT2D eigenvalue weighted by Gasteiger charge is 2.09. The molecule has 0 radical (unpaired) electrons. The van der Waals surface area contributed by atoms with Crippen molar-refractivity contribution in [1.29, 1.82) is 0 Å². The molecule has 5 aromatic rings. The highest BCUT2D eigenvalue weighted by atomic mass is 32.2. The quantitative estimate of drug-likeness (QED) is 0.195. The Kier molecular flexibility index (Phi) is 8.12. The third-order valence-corrected chi connectivity index (χ3v) is 7.53. The van der Waals surface area contributed by atoms with Gasteiger partial charge in [-0.25, -0.2) is 18.4 Å². The van der Waals surface area contributed by atoms with Gasteiger partial charge in [0.2, 0.25) is 0 Å². The summed E-state index contributed by atoms with van der Waals surface area (Å²) >= 11 is 0. The highest BCUT2D eigenvalue weighted by Crippen LogP contribution is 2.30. The van der Waals surface area contributed by atoms with Gasteiger partial charge in [-0.05, 0) is 65.2 Å². The van der Waals surface area contributed by atoms with Crippen LogP contribution in [-0.2, 0) is 16.4 Å². The number of hydrogen-bond donors (Lipinski definition) is 3. The van der Waals surface area contributed by atoms with Crippen LogP contribution in [0.1, 0.15) is 5.56 Å². The number of anilines is 2. The second-order valence-corrected chi connectivity index (χ2v) is 11.2. The lowest BCUT2D eigenvalue weighted by Gasteiger charge is -2.11. The molecule has 0 fully saturated rings. The Balaban J connectivity index is 1.27. The molecule has 0 unspecified atom stereocenters. The second kappa shape index (κ2) is 12.0. The average molecular weight is 540 g/mol. The highest BCUT2D eigenvalue weighted by molar-refractivity contribution is 7.91. The molecule has 1 heterocycles. The molecule has 0 aliphatic carbocycles. The van der Waals surface area contributed by atoms with Gasteiger partial charge in [-0.3, -0.25) is 0 Å². The predicted octanol–water partition coefficient (Wildman–Crippen LogP) is 5.25. The summed E-state index contributed by atoms with van der Waals surface area (Å²) in [5.41, 5.74) is 10.1. The second-order valence-electron chi connectivity index (χ2n) is 9.01. The molecule has 0 amide bonds. The molecular formula is C30H29N5O3S. The van der Waals surface area contributed by atoms with Crippen LogP contribution in [0.4, 0.5) is 11.5 Å². The zero-order valence-electron chi connectivity index (χ0n) is 21.2. The monoisotopic (exact) mass is 539 g/mol. The molecule has 4 N–H and O–H groups in total. The van der Waals surface area contributed by atoms with Gasteiger partial charge < -0.3 is 21.1 Å². The topological polar surface area (TPSA) is 119 Å². The van der Waals surface area contributed by atoms with Crippen LogP contribution < -0.4 is 21.1 Å². The molecule has 198 valence electrons. The number of fused-ring (bicyclic) bond motifs is 1. The fourth-order valence-corrected chi connectivity index (χ4v) is 4.68. The van der Waals surface area contributed by atoms with Gasteiger partial charge in [0.25, 0.3) is 0 Å². The Hall–Kier alpha value is -4.31. The van der Waals surface area contributed by atoms with Gasteiger partial charge in [-0.1, -0.05) is 48.5 Å². The van der Waals surface area contributed by atoms with Crippen molar-refractivity contribution in [3.05, 3.63) is 109 Å². The molecule has 0 aliphatic rings. The SMILES string of the molecule is NCS(=O)(=O)CCNCc1ccc(-c2ccc3ncnc(Nc4ccc(Oc5ccccc5)cc4)c3c2)cc1. The zero-order valence-corrected chi connectivity index (χ0v) is 22.1. The molecule has 0 atom stereocenters. The van der Waals surface area contributed by atoms with E-state index in [0.717, 1.165) is 44.8 Å². The number of rotatable bonds is 11. The third kappa shape index (κ3) is 6.97. The van der Waals surface area contributed by atoms with Crippen molar-refractivity contribution in [3.8, 4) is 22.6 Å². The molecule has 0 aliphatic heterocycles. The van der Waals surface area contributed by atoms with Gasteiger partial charge in [0.15, 0.2) is 9.84 Å². The van der Waals surface area contributed by atoms with Crippen molar-refractivity contribution in [1.82, 2.24) is 15.3 Å². The van der Waals surface area contributed by atoms with Gasteiger partial charge in [-0.15, -0.1) is 0 Å². The van der Waals surface area contributed by atoms with E-state index in [-0.39, 0.29) is 11.6 Å². The Bertz CT molecular complexity index is 1640. The summed E-state index contributed by atoms with van der Waals surface area (Å²) in [5.74, 6) is 1.96. The molecule has 8 nitrogen and oxygen atoms in total. The first-order chi connectivity index (χ1) is 19.0. The smallest absolute Gasteiger partial charge is 0.164 e. The number of sulfone groups is 1. The van der Waals surface area contributed by atoms with Crippen LogP contribution in [0, 0.1) is 0 Å². The van der Waals surface area contributed by atoms with Crippen molar-refractivity contribution in [2.24, 2.45) is 5.73 Å². The van der Waals surface area contributed by atoms with Crippen molar-refractivity contribution in [2.75, 3.05) is 23.5 Å².